The van der Waals surface area contributed by atoms with E-state index in [1.807, 2.05) is 0 Å². The number of allylic oxidation sites excluding steroid dienone is 3. The van der Waals surface area contributed by atoms with Gasteiger partial charge in [-0.25, -0.2) is 0 Å². The molecule has 12 heavy (non-hydrogen) atoms. The quantitative estimate of drug-likeness (QED) is 0.580. The lowest BCUT2D eigenvalue weighted by Crippen LogP contribution is -1.97. The molecule has 1 aliphatic rings. The third kappa shape index (κ3) is 2.84. The minimum atomic E-state index is 0. The molecule has 0 heteroatoms. The average molecular weight is 166 g/mol. The van der Waals surface area contributed by atoms with Crippen LogP contribution in [-0.4, -0.2) is 0 Å². The molecule has 0 unspecified atom stereocenters. The van der Waals surface area contributed by atoms with E-state index in [-0.39, 0.29) is 7.43 Å². The molecule has 0 radical (unpaired) electrons. The lowest BCUT2D eigenvalue weighted by atomic mass is 9.89. The average Bonchev–Trinajstić information content (AvgIpc) is 2.06. The molecule has 0 N–H and O–H groups in total. The molecule has 0 nitrogen and oxygen atoms in total. The van der Waals surface area contributed by atoms with Gasteiger partial charge >= 0.3 is 0 Å². The van der Waals surface area contributed by atoms with Gasteiger partial charge in [0.05, 0.1) is 0 Å². The smallest absolute Gasteiger partial charge is 0.0279 e. The van der Waals surface area contributed by atoms with Crippen molar-refractivity contribution in [3.05, 3.63) is 23.8 Å². The predicted molar refractivity (Wildman–Crippen MR) is 57.3 cm³/mol. The minimum Gasteiger partial charge on any atom is -0.0988 e. The summed E-state index contributed by atoms with van der Waals surface area (Å²) in [6.07, 6.45) is 10.0. The van der Waals surface area contributed by atoms with Crippen LogP contribution < -0.4 is 0 Å². The topological polar surface area (TPSA) is 0 Å². The van der Waals surface area contributed by atoms with Crippen LogP contribution in [0.15, 0.2) is 23.8 Å². The molecule has 0 aromatic rings. The normalized spacial score (nSPS) is 17.1. The van der Waals surface area contributed by atoms with Crippen molar-refractivity contribution in [1.29, 1.82) is 0 Å². The highest BCUT2D eigenvalue weighted by Crippen LogP contribution is 2.28. The number of rotatable bonds is 3. The second kappa shape index (κ2) is 6.05. The maximum Gasteiger partial charge on any atom is -0.0279 e. The summed E-state index contributed by atoms with van der Waals surface area (Å²) in [5.41, 5.74) is 3.21. The zero-order chi connectivity index (χ0) is 8.10. The van der Waals surface area contributed by atoms with Gasteiger partial charge in [-0.1, -0.05) is 39.0 Å². The van der Waals surface area contributed by atoms with E-state index >= 15 is 0 Å². The van der Waals surface area contributed by atoms with Gasteiger partial charge in [-0.3, -0.25) is 0 Å². The van der Waals surface area contributed by atoms with E-state index in [2.05, 4.69) is 19.6 Å². The maximum atomic E-state index is 3.86. The van der Waals surface area contributed by atoms with Crippen LogP contribution in [0.25, 0.3) is 0 Å². The second-order valence-corrected chi connectivity index (χ2v) is 3.29. The molecule has 0 fully saturated rings. The van der Waals surface area contributed by atoms with Gasteiger partial charge in [0.1, 0.15) is 0 Å². The monoisotopic (exact) mass is 166 g/mol. The van der Waals surface area contributed by atoms with E-state index in [0.717, 1.165) is 0 Å². The Morgan fingerprint density at radius 1 is 1.33 bits per heavy atom. The Hall–Kier alpha value is -0.520. The largest absolute Gasteiger partial charge is 0.0988 e. The van der Waals surface area contributed by atoms with Crippen molar-refractivity contribution in [3.8, 4) is 0 Å². The van der Waals surface area contributed by atoms with E-state index in [9.17, 15) is 0 Å². The Kier molecular flexibility index (Phi) is 5.79. The van der Waals surface area contributed by atoms with Crippen molar-refractivity contribution in [3.63, 3.8) is 0 Å². The Morgan fingerprint density at radius 3 is 2.58 bits per heavy atom. The molecule has 0 heterocycles. The fraction of sp³-hybridized carbons (Fsp3) is 0.667. The Labute approximate surface area is 77.4 Å². The summed E-state index contributed by atoms with van der Waals surface area (Å²) in [4.78, 5) is 0. The highest BCUT2D eigenvalue weighted by atomic mass is 14.1. The zero-order valence-electron chi connectivity index (χ0n) is 7.53. The molecule has 0 atom stereocenters. The summed E-state index contributed by atoms with van der Waals surface area (Å²) < 4.78 is 0. The molecular formula is C12H22. The fourth-order valence-electron chi connectivity index (χ4n) is 1.82. The fourth-order valence-corrected chi connectivity index (χ4v) is 1.82. The van der Waals surface area contributed by atoms with Gasteiger partial charge in [-0.2, -0.15) is 0 Å². The molecule has 0 aliphatic heterocycles. The predicted octanol–water partition coefficient (Wildman–Crippen LogP) is 4.48. The number of hydrogen-bond donors (Lipinski definition) is 0. The van der Waals surface area contributed by atoms with Gasteiger partial charge in [0.15, 0.2) is 0 Å². The van der Waals surface area contributed by atoms with Crippen LogP contribution in [-0.2, 0) is 0 Å². The van der Waals surface area contributed by atoms with Gasteiger partial charge in [0, 0.05) is 0 Å². The standard InChI is InChI=1S/C11H18.CH4/c1-3-7-11-9-6-5-8-10(11)4-2;/h4H,2-3,5-9H2,1H3;1H4. The lowest BCUT2D eigenvalue weighted by Gasteiger charge is -2.17. The first-order valence-electron chi connectivity index (χ1n) is 4.71. The molecular weight excluding hydrogens is 144 g/mol. The van der Waals surface area contributed by atoms with E-state index in [4.69, 9.17) is 0 Å². The van der Waals surface area contributed by atoms with Crippen LogP contribution in [0.1, 0.15) is 52.9 Å². The van der Waals surface area contributed by atoms with E-state index in [0.29, 0.717) is 0 Å². The molecule has 0 aromatic heterocycles. The van der Waals surface area contributed by atoms with Gasteiger partial charge in [-0.05, 0) is 37.7 Å². The van der Waals surface area contributed by atoms with E-state index < -0.39 is 0 Å². The van der Waals surface area contributed by atoms with Crippen molar-refractivity contribution in [2.24, 2.45) is 0 Å². The van der Waals surface area contributed by atoms with Gasteiger partial charge in [-0.15, -0.1) is 0 Å². The summed E-state index contributed by atoms with van der Waals surface area (Å²) in [5, 5.41) is 0. The summed E-state index contributed by atoms with van der Waals surface area (Å²) >= 11 is 0. The van der Waals surface area contributed by atoms with Crippen LogP contribution in [0.3, 0.4) is 0 Å². The Morgan fingerprint density at radius 2 is 2.00 bits per heavy atom. The van der Waals surface area contributed by atoms with E-state index in [1.54, 1.807) is 5.57 Å². The first kappa shape index (κ1) is 11.5. The third-order valence-corrected chi connectivity index (χ3v) is 2.43. The number of hydrogen-bond acceptors (Lipinski definition) is 0. The third-order valence-electron chi connectivity index (χ3n) is 2.43. The van der Waals surface area contributed by atoms with Crippen molar-refractivity contribution in [1.82, 2.24) is 0 Å². The molecule has 0 spiro atoms. The van der Waals surface area contributed by atoms with Crippen LogP contribution in [0.5, 0.6) is 0 Å². The van der Waals surface area contributed by atoms with Crippen LogP contribution in [0.2, 0.25) is 0 Å². The van der Waals surface area contributed by atoms with Gasteiger partial charge in [0.25, 0.3) is 0 Å². The summed E-state index contributed by atoms with van der Waals surface area (Å²) in [5.74, 6) is 0. The summed E-state index contributed by atoms with van der Waals surface area (Å²) in [6, 6.07) is 0. The molecule has 1 aliphatic carbocycles. The highest BCUT2D eigenvalue weighted by molar-refractivity contribution is 5.26. The maximum absolute atomic E-state index is 3.86. The Balaban J connectivity index is 0.00000121. The SMILES string of the molecule is C.C=CC1=C(CCC)CCCC1. The first-order chi connectivity index (χ1) is 5.38. The minimum absolute atomic E-state index is 0. The molecule has 70 valence electrons. The zero-order valence-corrected chi connectivity index (χ0v) is 7.53. The van der Waals surface area contributed by atoms with Crippen LogP contribution >= 0.6 is 0 Å². The van der Waals surface area contributed by atoms with E-state index in [1.165, 1.54) is 44.1 Å². The summed E-state index contributed by atoms with van der Waals surface area (Å²) in [6.45, 7) is 6.11. The molecule has 0 saturated carbocycles. The van der Waals surface area contributed by atoms with Gasteiger partial charge < -0.3 is 0 Å². The van der Waals surface area contributed by atoms with Gasteiger partial charge in [0.2, 0.25) is 0 Å². The first-order valence-corrected chi connectivity index (χ1v) is 4.71. The Bertz CT molecular complexity index is 163. The molecule has 0 amide bonds. The molecule has 1 rings (SSSR count). The molecule has 0 aromatic carbocycles. The van der Waals surface area contributed by atoms with Crippen molar-refractivity contribution >= 4 is 0 Å². The highest BCUT2D eigenvalue weighted by Gasteiger charge is 2.08. The second-order valence-electron chi connectivity index (χ2n) is 3.29. The molecule has 0 bridgehead atoms. The van der Waals surface area contributed by atoms with Crippen LogP contribution in [0, 0.1) is 0 Å². The van der Waals surface area contributed by atoms with Crippen molar-refractivity contribution in [2.45, 2.75) is 52.9 Å². The van der Waals surface area contributed by atoms with Crippen molar-refractivity contribution < 1.29 is 0 Å². The lowest BCUT2D eigenvalue weighted by molar-refractivity contribution is 0.652. The molecule has 0 saturated heterocycles. The summed E-state index contributed by atoms with van der Waals surface area (Å²) in [7, 11) is 0. The van der Waals surface area contributed by atoms with Crippen molar-refractivity contribution in [2.75, 3.05) is 0 Å². The van der Waals surface area contributed by atoms with Crippen LogP contribution in [0.4, 0.5) is 0 Å².